The second kappa shape index (κ2) is 5.69. The molecule has 1 saturated heterocycles. The zero-order valence-corrected chi connectivity index (χ0v) is 11.2. The summed E-state index contributed by atoms with van der Waals surface area (Å²) in [6.45, 7) is 0.698. The number of hydrogen-bond donors (Lipinski definition) is 1. The highest BCUT2D eigenvalue weighted by atomic mass is 32.1. The quantitative estimate of drug-likeness (QED) is 0.877. The molecule has 0 radical (unpaired) electrons. The molecule has 5 heteroatoms. The third kappa shape index (κ3) is 2.94. The number of nitrogens with one attached hydrogen (secondary N) is 1. The van der Waals surface area contributed by atoms with E-state index in [0.29, 0.717) is 11.5 Å². The van der Waals surface area contributed by atoms with Crippen molar-refractivity contribution in [2.24, 2.45) is 0 Å². The number of hydrogen-bond acceptors (Lipinski definition) is 4. The maximum atomic E-state index is 12.0. The summed E-state index contributed by atoms with van der Waals surface area (Å²) in [5.74, 6) is -0.213. The first-order valence-corrected chi connectivity index (χ1v) is 7.21. The molecule has 1 fully saturated rings. The maximum absolute atomic E-state index is 12.0. The third-order valence-electron chi connectivity index (χ3n) is 3.07. The number of rotatable bonds is 3. The van der Waals surface area contributed by atoms with Gasteiger partial charge in [0.25, 0.3) is 5.91 Å². The molecule has 19 heavy (non-hydrogen) atoms. The van der Waals surface area contributed by atoms with Gasteiger partial charge in [-0.1, -0.05) is 18.2 Å². The fraction of sp³-hybridized carbons (Fsp3) is 0.357. The lowest BCUT2D eigenvalue weighted by molar-refractivity contribution is -0.186. The van der Waals surface area contributed by atoms with Gasteiger partial charge in [0.1, 0.15) is 0 Å². The van der Waals surface area contributed by atoms with Crippen LogP contribution in [0.2, 0.25) is 0 Å². The van der Waals surface area contributed by atoms with Gasteiger partial charge < -0.3 is 4.74 Å². The molecule has 0 spiro atoms. The van der Waals surface area contributed by atoms with Crippen LogP contribution in [0.25, 0.3) is 10.1 Å². The molecule has 0 unspecified atom stereocenters. The minimum atomic E-state index is -0.313. The molecule has 0 bridgehead atoms. The predicted octanol–water partition coefficient (Wildman–Crippen LogP) is 3.09. The summed E-state index contributed by atoms with van der Waals surface area (Å²) in [5, 5.41) is 1.08. The number of benzene rings is 1. The van der Waals surface area contributed by atoms with Crippen molar-refractivity contribution in [1.82, 2.24) is 5.48 Å². The highest BCUT2D eigenvalue weighted by Crippen LogP contribution is 2.25. The molecule has 1 aromatic heterocycles. The highest BCUT2D eigenvalue weighted by Gasteiger charge is 2.17. The Morgan fingerprint density at radius 3 is 3.05 bits per heavy atom. The average molecular weight is 277 g/mol. The van der Waals surface area contributed by atoms with E-state index in [-0.39, 0.29) is 12.2 Å². The normalized spacial score (nSPS) is 19.5. The van der Waals surface area contributed by atoms with Crippen molar-refractivity contribution in [2.45, 2.75) is 25.6 Å². The summed E-state index contributed by atoms with van der Waals surface area (Å²) in [5.41, 5.74) is 2.48. The number of hydroxylamine groups is 1. The highest BCUT2D eigenvalue weighted by molar-refractivity contribution is 7.20. The first kappa shape index (κ1) is 12.6. The topological polar surface area (TPSA) is 47.6 Å². The molecule has 1 amide bonds. The van der Waals surface area contributed by atoms with E-state index >= 15 is 0 Å². The molecular weight excluding hydrogens is 262 g/mol. The van der Waals surface area contributed by atoms with Crippen LogP contribution in [0.4, 0.5) is 0 Å². The Morgan fingerprint density at radius 1 is 1.37 bits per heavy atom. The SMILES string of the molecule is O=C(NO[C@@H]1CCCCO1)c1cc2ccccc2s1. The Bertz CT molecular complexity index is 542. The number of amides is 1. The average Bonchev–Trinajstić information content (AvgIpc) is 2.90. The lowest BCUT2D eigenvalue weighted by Crippen LogP contribution is -2.32. The van der Waals surface area contributed by atoms with Crippen LogP contribution in [-0.4, -0.2) is 18.8 Å². The Kier molecular flexibility index (Phi) is 3.77. The van der Waals surface area contributed by atoms with Gasteiger partial charge in [0.2, 0.25) is 0 Å². The number of carbonyl (C=O) groups excluding carboxylic acids is 1. The van der Waals surface area contributed by atoms with E-state index in [1.165, 1.54) is 11.3 Å². The van der Waals surface area contributed by atoms with Gasteiger partial charge in [0.15, 0.2) is 6.29 Å². The first-order valence-electron chi connectivity index (χ1n) is 6.39. The van der Waals surface area contributed by atoms with Crippen LogP contribution in [0.1, 0.15) is 28.9 Å². The van der Waals surface area contributed by atoms with Crippen molar-refractivity contribution in [3.8, 4) is 0 Å². The van der Waals surface area contributed by atoms with Crippen LogP contribution in [-0.2, 0) is 9.57 Å². The maximum Gasteiger partial charge on any atom is 0.285 e. The number of thiophene rings is 1. The lowest BCUT2D eigenvalue weighted by atomic mass is 10.2. The van der Waals surface area contributed by atoms with Gasteiger partial charge in [-0.05, 0) is 30.4 Å². The molecule has 0 aliphatic carbocycles. The summed E-state index contributed by atoms with van der Waals surface area (Å²) in [6.07, 6.45) is 2.65. The fourth-order valence-electron chi connectivity index (χ4n) is 2.07. The number of fused-ring (bicyclic) bond motifs is 1. The van der Waals surface area contributed by atoms with Crippen LogP contribution in [0.3, 0.4) is 0 Å². The standard InChI is InChI=1S/C14H15NO3S/c16-14(15-18-13-7-3-4-8-17-13)12-9-10-5-1-2-6-11(10)19-12/h1-2,5-6,9,13H,3-4,7-8H2,(H,15,16)/t13-/m1/s1. The Labute approximate surface area is 115 Å². The molecule has 100 valence electrons. The van der Waals surface area contributed by atoms with Crippen molar-refractivity contribution >= 4 is 27.3 Å². The molecule has 1 aromatic carbocycles. The predicted molar refractivity (Wildman–Crippen MR) is 74.0 cm³/mol. The molecule has 4 nitrogen and oxygen atoms in total. The fourth-order valence-corrected chi connectivity index (χ4v) is 3.02. The monoisotopic (exact) mass is 277 g/mol. The summed E-state index contributed by atoms with van der Waals surface area (Å²) in [6, 6.07) is 9.80. The number of ether oxygens (including phenoxy) is 1. The van der Waals surface area contributed by atoms with Crippen molar-refractivity contribution in [2.75, 3.05) is 6.61 Å². The Morgan fingerprint density at radius 2 is 2.26 bits per heavy atom. The van der Waals surface area contributed by atoms with E-state index in [0.717, 1.165) is 29.3 Å². The van der Waals surface area contributed by atoms with Crippen molar-refractivity contribution < 1.29 is 14.4 Å². The van der Waals surface area contributed by atoms with E-state index in [2.05, 4.69) is 5.48 Å². The van der Waals surface area contributed by atoms with E-state index in [4.69, 9.17) is 9.57 Å². The van der Waals surface area contributed by atoms with Crippen LogP contribution in [0, 0.1) is 0 Å². The zero-order valence-electron chi connectivity index (χ0n) is 10.4. The van der Waals surface area contributed by atoms with Crippen molar-refractivity contribution in [3.63, 3.8) is 0 Å². The Hall–Kier alpha value is -1.43. The second-order valence-corrected chi connectivity index (χ2v) is 5.58. The van der Waals surface area contributed by atoms with Crippen LogP contribution in [0.5, 0.6) is 0 Å². The third-order valence-corrected chi connectivity index (χ3v) is 4.19. The van der Waals surface area contributed by atoms with Gasteiger partial charge in [-0.25, -0.2) is 10.3 Å². The molecule has 1 atom stereocenters. The molecule has 0 saturated carbocycles. The Balaban J connectivity index is 1.63. The van der Waals surface area contributed by atoms with Crippen LogP contribution in [0.15, 0.2) is 30.3 Å². The molecular formula is C14H15NO3S. The van der Waals surface area contributed by atoms with Gasteiger partial charge in [-0.2, -0.15) is 0 Å². The minimum absolute atomic E-state index is 0.213. The molecule has 2 aromatic rings. The largest absolute Gasteiger partial charge is 0.350 e. The van der Waals surface area contributed by atoms with Crippen molar-refractivity contribution in [3.05, 3.63) is 35.2 Å². The minimum Gasteiger partial charge on any atom is -0.350 e. The summed E-state index contributed by atoms with van der Waals surface area (Å²) in [7, 11) is 0. The van der Waals surface area contributed by atoms with Crippen LogP contribution >= 0.6 is 11.3 Å². The van der Waals surface area contributed by atoms with Gasteiger partial charge in [0.05, 0.1) is 4.88 Å². The summed E-state index contributed by atoms with van der Waals surface area (Å²) in [4.78, 5) is 17.9. The second-order valence-electron chi connectivity index (χ2n) is 4.49. The van der Waals surface area contributed by atoms with E-state index in [1.807, 2.05) is 30.3 Å². The summed E-state index contributed by atoms with van der Waals surface area (Å²) >= 11 is 1.46. The zero-order chi connectivity index (χ0) is 13.1. The molecule has 3 rings (SSSR count). The lowest BCUT2D eigenvalue weighted by Gasteiger charge is -2.21. The van der Waals surface area contributed by atoms with E-state index in [9.17, 15) is 4.79 Å². The first-order chi connectivity index (χ1) is 9.33. The molecule has 1 N–H and O–H groups in total. The van der Waals surface area contributed by atoms with E-state index < -0.39 is 0 Å². The van der Waals surface area contributed by atoms with Gasteiger partial charge >= 0.3 is 0 Å². The van der Waals surface area contributed by atoms with E-state index in [1.54, 1.807) is 0 Å². The number of carbonyl (C=O) groups is 1. The summed E-state index contributed by atoms with van der Waals surface area (Å²) < 4.78 is 6.49. The molecule has 1 aliphatic rings. The van der Waals surface area contributed by atoms with Gasteiger partial charge in [0, 0.05) is 17.7 Å². The molecule has 1 aliphatic heterocycles. The smallest absolute Gasteiger partial charge is 0.285 e. The van der Waals surface area contributed by atoms with Crippen molar-refractivity contribution in [1.29, 1.82) is 0 Å². The van der Waals surface area contributed by atoms with Gasteiger partial charge in [-0.3, -0.25) is 4.79 Å². The molecule has 2 heterocycles. The van der Waals surface area contributed by atoms with Gasteiger partial charge in [-0.15, -0.1) is 11.3 Å². The van der Waals surface area contributed by atoms with Crippen LogP contribution < -0.4 is 5.48 Å².